The fourth-order valence-corrected chi connectivity index (χ4v) is 4.46. The molecule has 3 aromatic heterocycles. The van der Waals surface area contributed by atoms with Crippen molar-refractivity contribution in [3.8, 4) is 17.1 Å². The summed E-state index contributed by atoms with van der Waals surface area (Å²) in [5.74, 6) is 1.21. The molecule has 5 aromatic rings. The number of alkyl halides is 2. The standard InChI is InChI=1S/C22H18F2N6S/c1-14-5-4-6-15(11-14)30-20(17-12-26-18-8-3-2-7-16(17)18)27-28-22(30)31-13-19-25-9-10-29(19)21(23)24/h2-12,21,26H,13H2,1H3. The summed E-state index contributed by atoms with van der Waals surface area (Å²) < 4.78 is 29.2. The number of rotatable bonds is 6. The molecular formula is C22H18F2N6S. The van der Waals surface area contributed by atoms with Crippen LogP contribution in [0.15, 0.2) is 72.3 Å². The molecule has 3 heterocycles. The van der Waals surface area contributed by atoms with Crippen molar-refractivity contribution in [2.75, 3.05) is 0 Å². The summed E-state index contributed by atoms with van der Waals surface area (Å²) in [6.07, 6.45) is 4.58. The van der Waals surface area contributed by atoms with Crippen molar-refractivity contribution in [3.63, 3.8) is 0 Å². The molecule has 31 heavy (non-hydrogen) atoms. The Morgan fingerprint density at radius 2 is 1.97 bits per heavy atom. The summed E-state index contributed by atoms with van der Waals surface area (Å²) in [5, 5.41) is 10.5. The van der Waals surface area contributed by atoms with Crippen LogP contribution in [0.25, 0.3) is 28.0 Å². The van der Waals surface area contributed by atoms with E-state index in [1.54, 1.807) is 0 Å². The Labute approximate surface area is 181 Å². The first-order valence-corrected chi connectivity index (χ1v) is 10.6. The zero-order valence-electron chi connectivity index (χ0n) is 16.5. The van der Waals surface area contributed by atoms with Crippen LogP contribution >= 0.6 is 11.8 Å². The third-order valence-corrected chi connectivity index (χ3v) is 5.94. The van der Waals surface area contributed by atoms with Gasteiger partial charge in [-0.3, -0.25) is 9.13 Å². The maximum absolute atomic E-state index is 13.2. The lowest BCUT2D eigenvalue weighted by Gasteiger charge is -2.11. The van der Waals surface area contributed by atoms with Crippen molar-refractivity contribution in [2.24, 2.45) is 0 Å². The lowest BCUT2D eigenvalue weighted by Crippen LogP contribution is -2.03. The monoisotopic (exact) mass is 436 g/mol. The lowest BCUT2D eigenvalue weighted by molar-refractivity contribution is 0.0678. The van der Waals surface area contributed by atoms with E-state index in [2.05, 4.69) is 20.2 Å². The summed E-state index contributed by atoms with van der Waals surface area (Å²) in [5.41, 5.74) is 3.93. The van der Waals surface area contributed by atoms with Crippen LogP contribution in [-0.2, 0) is 5.75 Å². The molecule has 0 atom stereocenters. The molecular weight excluding hydrogens is 418 g/mol. The van der Waals surface area contributed by atoms with Crippen molar-refractivity contribution >= 4 is 22.7 Å². The highest BCUT2D eigenvalue weighted by molar-refractivity contribution is 7.98. The topological polar surface area (TPSA) is 64.3 Å². The quantitative estimate of drug-likeness (QED) is 0.352. The van der Waals surface area contributed by atoms with Gasteiger partial charge in [0.15, 0.2) is 11.0 Å². The number of nitrogens with zero attached hydrogens (tertiary/aromatic N) is 5. The van der Waals surface area contributed by atoms with Gasteiger partial charge in [0, 0.05) is 40.7 Å². The number of H-pyrrole nitrogens is 1. The summed E-state index contributed by atoms with van der Waals surface area (Å²) in [7, 11) is 0. The summed E-state index contributed by atoms with van der Waals surface area (Å²) in [4.78, 5) is 7.34. The predicted octanol–water partition coefficient (Wildman–Crippen LogP) is 5.61. The molecule has 0 unspecified atom stereocenters. The van der Waals surface area contributed by atoms with Gasteiger partial charge in [-0.1, -0.05) is 42.1 Å². The van der Waals surface area contributed by atoms with Crippen LogP contribution in [-0.4, -0.2) is 29.3 Å². The van der Waals surface area contributed by atoms with Crippen LogP contribution in [0.2, 0.25) is 0 Å². The van der Waals surface area contributed by atoms with Crippen molar-refractivity contribution in [3.05, 3.63) is 78.5 Å². The number of aryl methyl sites for hydroxylation is 1. The third-order valence-electron chi connectivity index (χ3n) is 5.01. The smallest absolute Gasteiger partial charge is 0.319 e. The second-order valence-electron chi connectivity index (χ2n) is 7.05. The van der Waals surface area contributed by atoms with Gasteiger partial charge >= 0.3 is 6.55 Å². The summed E-state index contributed by atoms with van der Waals surface area (Å²) in [6.45, 7) is -0.611. The van der Waals surface area contributed by atoms with E-state index in [0.29, 0.717) is 11.0 Å². The van der Waals surface area contributed by atoms with E-state index < -0.39 is 6.55 Å². The van der Waals surface area contributed by atoms with Gasteiger partial charge in [0.1, 0.15) is 5.82 Å². The first-order valence-electron chi connectivity index (χ1n) is 9.63. The Morgan fingerprint density at radius 3 is 2.81 bits per heavy atom. The van der Waals surface area contributed by atoms with E-state index >= 15 is 0 Å². The zero-order valence-corrected chi connectivity index (χ0v) is 17.4. The van der Waals surface area contributed by atoms with Gasteiger partial charge in [-0.15, -0.1) is 10.2 Å². The van der Waals surface area contributed by atoms with E-state index in [9.17, 15) is 8.78 Å². The van der Waals surface area contributed by atoms with Gasteiger partial charge in [-0.05, 0) is 30.7 Å². The van der Waals surface area contributed by atoms with Crippen LogP contribution in [0, 0.1) is 6.92 Å². The maximum atomic E-state index is 13.2. The number of aromatic nitrogens is 6. The Bertz CT molecular complexity index is 1350. The number of benzene rings is 2. The number of hydrogen-bond donors (Lipinski definition) is 1. The molecule has 0 bridgehead atoms. The fourth-order valence-electron chi connectivity index (χ4n) is 3.56. The van der Waals surface area contributed by atoms with Gasteiger partial charge in [0.25, 0.3) is 0 Å². The minimum Gasteiger partial charge on any atom is -0.360 e. The number of para-hydroxylation sites is 1. The first-order chi connectivity index (χ1) is 15.1. The van der Waals surface area contributed by atoms with E-state index in [1.807, 2.05) is 66.2 Å². The van der Waals surface area contributed by atoms with E-state index in [1.165, 1.54) is 24.2 Å². The largest absolute Gasteiger partial charge is 0.360 e. The highest BCUT2D eigenvalue weighted by Crippen LogP contribution is 2.33. The van der Waals surface area contributed by atoms with Crippen molar-refractivity contribution in [2.45, 2.75) is 24.4 Å². The molecule has 0 saturated heterocycles. The molecule has 0 amide bonds. The first kappa shape index (κ1) is 19.5. The number of imidazole rings is 1. The SMILES string of the molecule is Cc1cccc(-n2c(SCc3nccn3C(F)F)nnc2-c2c[nH]c3ccccc23)c1. The molecule has 6 nitrogen and oxygen atoms in total. The van der Waals surface area contributed by atoms with Crippen LogP contribution in [0.1, 0.15) is 17.9 Å². The number of hydrogen-bond acceptors (Lipinski definition) is 4. The second kappa shape index (κ2) is 7.99. The highest BCUT2D eigenvalue weighted by Gasteiger charge is 2.20. The molecule has 0 aliphatic carbocycles. The van der Waals surface area contributed by atoms with Gasteiger partial charge in [0.2, 0.25) is 0 Å². The van der Waals surface area contributed by atoms with Gasteiger partial charge in [-0.25, -0.2) is 4.98 Å². The number of fused-ring (bicyclic) bond motifs is 1. The maximum Gasteiger partial charge on any atom is 0.319 e. The number of nitrogens with one attached hydrogen (secondary N) is 1. The number of aromatic amines is 1. The Kier molecular flexibility index (Phi) is 5.03. The minimum atomic E-state index is -2.63. The molecule has 1 N–H and O–H groups in total. The molecule has 0 aliphatic rings. The molecule has 0 saturated carbocycles. The van der Waals surface area contributed by atoms with E-state index in [-0.39, 0.29) is 11.6 Å². The average Bonchev–Trinajstić information content (AvgIpc) is 3.49. The minimum absolute atomic E-state index is 0.245. The molecule has 0 fully saturated rings. The predicted molar refractivity (Wildman–Crippen MR) is 116 cm³/mol. The fraction of sp³-hybridized carbons (Fsp3) is 0.136. The third kappa shape index (κ3) is 3.61. The summed E-state index contributed by atoms with van der Waals surface area (Å²) in [6, 6.07) is 16.0. The Hall–Kier alpha value is -3.46. The van der Waals surface area contributed by atoms with E-state index in [0.717, 1.165) is 32.3 Å². The van der Waals surface area contributed by atoms with E-state index in [4.69, 9.17) is 0 Å². The number of thioether (sulfide) groups is 1. The van der Waals surface area contributed by atoms with Crippen molar-refractivity contribution < 1.29 is 8.78 Å². The molecule has 0 aliphatic heterocycles. The Morgan fingerprint density at radius 1 is 1.10 bits per heavy atom. The van der Waals surface area contributed by atoms with Crippen molar-refractivity contribution in [1.82, 2.24) is 29.3 Å². The summed E-state index contributed by atoms with van der Waals surface area (Å²) >= 11 is 1.32. The van der Waals surface area contributed by atoms with Crippen LogP contribution in [0.3, 0.4) is 0 Å². The van der Waals surface area contributed by atoms with Crippen LogP contribution in [0.5, 0.6) is 0 Å². The van der Waals surface area contributed by atoms with Crippen molar-refractivity contribution in [1.29, 1.82) is 0 Å². The molecule has 2 aromatic carbocycles. The molecule has 9 heteroatoms. The van der Waals surface area contributed by atoms with Crippen LogP contribution < -0.4 is 0 Å². The highest BCUT2D eigenvalue weighted by atomic mass is 32.2. The molecule has 0 spiro atoms. The van der Waals surface area contributed by atoms with Gasteiger partial charge in [0.05, 0.1) is 5.75 Å². The van der Waals surface area contributed by atoms with Gasteiger partial charge in [-0.2, -0.15) is 8.78 Å². The molecule has 5 rings (SSSR count). The number of halogens is 2. The lowest BCUT2D eigenvalue weighted by atomic mass is 10.1. The average molecular weight is 436 g/mol. The van der Waals surface area contributed by atoms with Crippen LogP contribution in [0.4, 0.5) is 8.78 Å². The molecule has 0 radical (unpaired) electrons. The zero-order chi connectivity index (χ0) is 21.4. The van der Waals surface area contributed by atoms with Gasteiger partial charge < -0.3 is 4.98 Å². The Balaban J connectivity index is 1.60. The molecule has 156 valence electrons. The second-order valence-corrected chi connectivity index (χ2v) is 7.99. The normalized spacial score (nSPS) is 11.6.